The van der Waals surface area contributed by atoms with Gasteiger partial charge in [0.05, 0.1) is 34.6 Å². The van der Waals surface area contributed by atoms with Crippen LogP contribution in [0.2, 0.25) is 5.02 Å². The molecule has 5 rings (SSSR count). The summed E-state index contributed by atoms with van der Waals surface area (Å²) in [4.78, 5) is 28.1. The van der Waals surface area contributed by atoms with Gasteiger partial charge in [-0.1, -0.05) is 29.8 Å². The lowest BCUT2D eigenvalue weighted by Crippen LogP contribution is -2.31. The number of hydrogen-bond acceptors (Lipinski definition) is 8. The number of aromatic nitrogens is 3. The highest BCUT2D eigenvalue weighted by Gasteiger charge is 2.23. The van der Waals surface area contributed by atoms with Crippen molar-refractivity contribution in [2.75, 3.05) is 50.6 Å². The third-order valence-electron chi connectivity index (χ3n) is 6.69. The molecule has 1 aliphatic rings. The molecule has 0 unspecified atom stereocenters. The van der Waals surface area contributed by atoms with Gasteiger partial charge in [0.2, 0.25) is 5.95 Å². The van der Waals surface area contributed by atoms with Crippen LogP contribution in [0.15, 0.2) is 48.8 Å². The molecule has 0 amide bonds. The van der Waals surface area contributed by atoms with Gasteiger partial charge in [0, 0.05) is 54.9 Å². The van der Waals surface area contributed by atoms with E-state index >= 15 is 0 Å². The van der Waals surface area contributed by atoms with Crippen LogP contribution in [0.3, 0.4) is 0 Å². The Morgan fingerprint density at radius 2 is 2.05 bits per heavy atom. The number of nitrogens with one attached hydrogen (secondary N) is 2. The lowest BCUT2D eigenvalue weighted by atomic mass is 10.1. The summed E-state index contributed by atoms with van der Waals surface area (Å²) in [6, 6.07) is 11.0. The number of likely N-dealkylation sites (tertiary alicyclic amines) is 1. The molecule has 0 saturated carbocycles. The fraction of sp³-hybridized carbons (Fsp3) is 0.308. The Morgan fingerprint density at radius 3 is 2.81 bits per heavy atom. The SMILES string of the molecule is COc1cc(N(C)CCN2CCCC2)c([N+](=O)[O-])cc1Nc1ncc(Cl)c(-c2c[nH]c3ccccc23)n1. The van der Waals surface area contributed by atoms with Crippen molar-refractivity contribution in [3.8, 4) is 17.0 Å². The molecule has 0 spiro atoms. The summed E-state index contributed by atoms with van der Waals surface area (Å²) >= 11 is 6.46. The molecule has 2 aromatic heterocycles. The molecule has 1 aliphatic heterocycles. The number of para-hydroxylation sites is 1. The number of anilines is 3. The van der Waals surface area contributed by atoms with Crippen molar-refractivity contribution < 1.29 is 9.66 Å². The minimum absolute atomic E-state index is 0.0296. The Kier molecular flexibility index (Phi) is 7.11. The Bertz CT molecular complexity index is 1440. The monoisotopic (exact) mass is 521 g/mol. The third-order valence-corrected chi connectivity index (χ3v) is 6.97. The number of methoxy groups -OCH3 is 1. The van der Waals surface area contributed by atoms with Gasteiger partial charge in [-0.25, -0.2) is 9.97 Å². The van der Waals surface area contributed by atoms with Crippen molar-refractivity contribution in [1.82, 2.24) is 19.9 Å². The molecule has 0 atom stereocenters. The summed E-state index contributed by atoms with van der Waals surface area (Å²) in [5.41, 5.74) is 3.19. The van der Waals surface area contributed by atoms with Crippen molar-refractivity contribution >= 4 is 45.5 Å². The van der Waals surface area contributed by atoms with Gasteiger partial charge >= 0.3 is 0 Å². The van der Waals surface area contributed by atoms with Gasteiger partial charge < -0.3 is 24.8 Å². The number of aromatic amines is 1. The van der Waals surface area contributed by atoms with E-state index < -0.39 is 0 Å². The minimum Gasteiger partial charge on any atom is -0.494 e. The van der Waals surface area contributed by atoms with Crippen molar-refractivity contribution in [3.63, 3.8) is 0 Å². The number of hydrogen-bond donors (Lipinski definition) is 2. The van der Waals surface area contributed by atoms with Crippen LogP contribution in [0.5, 0.6) is 5.75 Å². The average Bonchev–Trinajstić information content (AvgIpc) is 3.58. The highest BCUT2D eigenvalue weighted by Crippen LogP contribution is 2.39. The normalized spacial score (nSPS) is 13.7. The summed E-state index contributed by atoms with van der Waals surface area (Å²) in [5.74, 6) is 0.688. The molecule has 192 valence electrons. The van der Waals surface area contributed by atoms with Crippen LogP contribution in [-0.4, -0.2) is 65.1 Å². The van der Waals surface area contributed by atoms with Gasteiger partial charge in [0.1, 0.15) is 11.4 Å². The van der Waals surface area contributed by atoms with E-state index in [4.69, 9.17) is 16.3 Å². The molecule has 0 radical (unpaired) electrons. The fourth-order valence-corrected chi connectivity index (χ4v) is 4.89. The number of halogens is 1. The number of H-pyrrole nitrogens is 1. The molecule has 3 heterocycles. The van der Waals surface area contributed by atoms with E-state index in [0.29, 0.717) is 34.4 Å². The molecular formula is C26H28ClN7O3. The molecule has 2 N–H and O–H groups in total. The molecular weight excluding hydrogens is 494 g/mol. The third kappa shape index (κ3) is 5.16. The fourth-order valence-electron chi connectivity index (χ4n) is 4.70. The first kappa shape index (κ1) is 24.8. The number of nitrogens with zero attached hydrogens (tertiary/aromatic N) is 5. The number of nitro groups is 1. The van der Waals surface area contributed by atoms with Crippen LogP contribution in [0, 0.1) is 10.1 Å². The smallest absolute Gasteiger partial charge is 0.294 e. The first-order valence-corrected chi connectivity index (χ1v) is 12.5. The first-order chi connectivity index (χ1) is 17.9. The highest BCUT2D eigenvalue weighted by atomic mass is 35.5. The standard InChI is InChI=1S/C26H28ClN7O3/c1-32(11-12-33-9-5-6-10-33)22-14-24(37-2)21(13-23(22)34(35)36)30-26-29-16-19(27)25(31-26)18-15-28-20-8-4-3-7-17(18)20/h3-4,7-8,13-16,28H,5-6,9-12H2,1-2H3,(H,29,30,31). The molecule has 1 saturated heterocycles. The van der Waals surface area contributed by atoms with Crippen LogP contribution >= 0.6 is 11.6 Å². The van der Waals surface area contributed by atoms with Crippen LogP contribution < -0.4 is 15.0 Å². The summed E-state index contributed by atoms with van der Waals surface area (Å²) in [7, 11) is 3.39. The zero-order valence-electron chi connectivity index (χ0n) is 20.7. The lowest BCUT2D eigenvalue weighted by Gasteiger charge is -2.24. The van der Waals surface area contributed by atoms with Gasteiger partial charge in [0.25, 0.3) is 5.69 Å². The van der Waals surface area contributed by atoms with E-state index in [-0.39, 0.29) is 16.6 Å². The highest BCUT2D eigenvalue weighted by molar-refractivity contribution is 6.33. The van der Waals surface area contributed by atoms with E-state index in [2.05, 4.69) is 25.2 Å². The van der Waals surface area contributed by atoms with Crippen molar-refractivity contribution in [1.29, 1.82) is 0 Å². The second kappa shape index (κ2) is 10.6. The molecule has 11 heteroatoms. The van der Waals surface area contributed by atoms with Crippen LogP contribution in [0.25, 0.3) is 22.2 Å². The topological polar surface area (TPSA) is 112 Å². The van der Waals surface area contributed by atoms with Crippen molar-refractivity contribution in [3.05, 3.63) is 63.9 Å². The number of benzene rings is 2. The van der Waals surface area contributed by atoms with Crippen molar-refractivity contribution in [2.24, 2.45) is 0 Å². The zero-order valence-corrected chi connectivity index (χ0v) is 21.5. The zero-order chi connectivity index (χ0) is 25.9. The van der Waals surface area contributed by atoms with Crippen LogP contribution in [0.4, 0.5) is 23.0 Å². The maximum atomic E-state index is 12.0. The van der Waals surface area contributed by atoms with Crippen molar-refractivity contribution in [2.45, 2.75) is 12.8 Å². The maximum Gasteiger partial charge on any atom is 0.294 e. The molecule has 0 aliphatic carbocycles. The minimum atomic E-state index is -0.383. The molecule has 0 bridgehead atoms. The Labute approximate surface area is 219 Å². The van der Waals surface area contributed by atoms with Gasteiger partial charge in [-0.2, -0.15) is 0 Å². The second-order valence-electron chi connectivity index (χ2n) is 9.03. The summed E-state index contributed by atoms with van der Waals surface area (Å²) in [6.07, 6.45) is 5.76. The Balaban J connectivity index is 1.45. The van der Waals surface area contributed by atoms with Crippen LogP contribution in [0.1, 0.15) is 12.8 Å². The number of rotatable bonds is 9. The van der Waals surface area contributed by atoms with E-state index in [0.717, 1.165) is 36.1 Å². The number of fused-ring (bicyclic) bond motifs is 1. The van der Waals surface area contributed by atoms with Gasteiger partial charge in [-0.05, 0) is 32.0 Å². The lowest BCUT2D eigenvalue weighted by molar-refractivity contribution is -0.384. The number of nitro benzene ring substituents is 1. The number of likely N-dealkylation sites (N-methyl/N-ethyl adjacent to an activating group) is 1. The predicted octanol–water partition coefficient (Wildman–Crippen LogP) is 5.47. The maximum absolute atomic E-state index is 12.0. The number of ether oxygens (including phenoxy) is 1. The largest absolute Gasteiger partial charge is 0.494 e. The first-order valence-electron chi connectivity index (χ1n) is 12.1. The van der Waals surface area contributed by atoms with Crippen LogP contribution in [-0.2, 0) is 0 Å². The predicted molar refractivity (Wildman–Crippen MR) is 146 cm³/mol. The summed E-state index contributed by atoms with van der Waals surface area (Å²) < 4.78 is 5.60. The quantitative estimate of drug-likeness (QED) is 0.220. The Morgan fingerprint density at radius 1 is 1.27 bits per heavy atom. The molecule has 4 aromatic rings. The van der Waals surface area contributed by atoms with E-state index in [1.165, 1.54) is 32.2 Å². The van der Waals surface area contributed by atoms with E-state index in [9.17, 15) is 10.1 Å². The van der Waals surface area contributed by atoms with E-state index in [1.807, 2.05) is 42.4 Å². The van der Waals surface area contributed by atoms with Gasteiger partial charge in [-0.15, -0.1) is 0 Å². The molecule has 10 nitrogen and oxygen atoms in total. The summed E-state index contributed by atoms with van der Waals surface area (Å²) in [5, 5.41) is 16.5. The Hall–Kier alpha value is -3.89. The molecule has 2 aromatic carbocycles. The van der Waals surface area contributed by atoms with Gasteiger partial charge in [-0.3, -0.25) is 10.1 Å². The van der Waals surface area contributed by atoms with Gasteiger partial charge in [0.15, 0.2) is 0 Å². The molecule has 1 fully saturated rings. The molecule has 37 heavy (non-hydrogen) atoms. The second-order valence-corrected chi connectivity index (χ2v) is 9.44. The average molecular weight is 522 g/mol. The summed E-state index contributed by atoms with van der Waals surface area (Å²) in [6.45, 7) is 3.67. The van der Waals surface area contributed by atoms with E-state index in [1.54, 1.807) is 6.07 Å².